The summed E-state index contributed by atoms with van der Waals surface area (Å²) in [6, 6.07) is 0.635. The minimum absolute atomic E-state index is 0.00877. The first kappa shape index (κ1) is 17.1. The van der Waals surface area contributed by atoms with E-state index < -0.39 is 6.10 Å². The van der Waals surface area contributed by atoms with Crippen LogP contribution < -0.4 is 5.32 Å². The average molecular weight is 326 g/mol. The number of carbonyl (C=O) groups is 1. The third kappa shape index (κ3) is 4.66. The van der Waals surface area contributed by atoms with Crippen molar-refractivity contribution < 1.29 is 19.4 Å². The Labute approximate surface area is 138 Å². The quantitative estimate of drug-likeness (QED) is 0.798. The molecule has 6 heteroatoms. The molecule has 2 N–H and O–H groups in total. The Bertz CT molecular complexity index is 400. The Morgan fingerprint density at radius 3 is 2.78 bits per heavy atom. The minimum Gasteiger partial charge on any atom is -0.389 e. The van der Waals surface area contributed by atoms with E-state index in [0.29, 0.717) is 32.2 Å². The summed E-state index contributed by atoms with van der Waals surface area (Å²) in [5, 5.41) is 13.0. The number of hydrogen-bond acceptors (Lipinski definition) is 5. The highest BCUT2D eigenvalue weighted by molar-refractivity contribution is 5.76. The lowest BCUT2D eigenvalue weighted by Gasteiger charge is -2.43. The minimum atomic E-state index is -0.434. The van der Waals surface area contributed by atoms with Crippen molar-refractivity contribution in [2.45, 2.75) is 75.3 Å². The van der Waals surface area contributed by atoms with E-state index in [2.05, 4.69) is 10.2 Å². The van der Waals surface area contributed by atoms with E-state index in [-0.39, 0.29) is 24.2 Å². The molecule has 0 radical (unpaired) electrons. The van der Waals surface area contributed by atoms with Crippen LogP contribution in [0.2, 0.25) is 0 Å². The monoisotopic (exact) mass is 326 g/mol. The van der Waals surface area contributed by atoms with E-state index in [1.165, 1.54) is 12.8 Å². The first-order valence-corrected chi connectivity index (χ1v) is 9.02. The van der Waals surface area contributed by atoms with Gasteiger partial charge in [0.2, 0.25) is 5.91 Å². The Morgan fingerprint density at radius 2 is 2.00 bits per heavy atom. The van der Waals surface area contributed by atoms with Gasteiger partial charge in [0, 0.05) is 18.6 Å². The van der Waals surface area contributed by atoms with Crippen molar-refractivity contribution in [1.29, 1.82) is 0 Å². The summed E-state index contributed by atoms with van der Waals surface area (Å²) in [4.78, 5) is 14.4. The number of amides is 1. The van der Waals surface area contributed by atoms with Crippen LogP contribution in [0.3, 0.4) is 0 Å². The lowest BCUT2D eigenvalue weighted by molar-refractivity contribution is -0.153. The Kier molecular flexibility index (Phi) is 5.91. The summed E-state index contributed by atoms with van der Waals surface area (Å²) in [6.45, 7) is 1.45. The van der Waals surface area contributed by atoms with Gasteiger partial charge >= 0.3 is 0 Å². The third-order valence-electron chi connectivity index (χ3n) is 5.37. The Hall–Kier alpha value is -0.690. The lowest BCUT2D eigenvalue weighted by Crippen LogP contribution is -2.54. The van der Waals surface area contributed by atoms with Gasteiger partial charge in [-0.15, -0.1) is 0 Å². The molecule has 0 aromatic heterocycles. The summed E-state index contributed by atoms with van der Waals surface area (Å²) >= 11 is 0. The maximum absolute atomic E-state index is 12.2. The Morgan fingerprint density at radius 1 is 1.22 bits per heavy atom. The molecule has 0 spiro atoms. The van der Waals surface area contributed by atoms with Crippen molar-refractivity contribution in [3.05, 3.63) is 0 Å². The molecule has 6 nitrogen and oxygen atoms in total. The van der Waals surface area contributed by atoms with Crippen molar-refractivity contribution in [3.8, 4) is 0 Å². The number of ether oxygens (including phenoxy) is 2. The summed E-state index contributed by atoms with van der Waals surface area (Å²) in [6.07, 6.45) is 6.55. The molecule has 0 aromatic rings. The van der Waals surface area contributed by atoms with Gasteiger partial charge in [0.1, 0.15) is 0 Å². The maximum atomic E-state index is 12.2. The number of hydrogen-bond donors (Lipinski definition) is 2. The van der Waals surface area contributed by atoms with E-state index in [0.717, 1.165) is 25.7 Å². The largest absolute Gasteiger partial charge is 0.389 e. The molecule has 2 saturated heterocycles. The van der Waals surface area contributed by atoms with Crippen LogP contribution in [0.4, 0.5) is 0 Å². The van der Waals surface area contributed by atoms with Crippen LogP contribution in [0.15, 0.2) is 0 Å². The fourth-order valence-corrected chi connectivity index (χ4v) is 4.16. The van der Waals surface area contributed by atoms with E-state index in [9.17, 15) is 9.90 Å². The zero-order chi connectivity index (χ0) is 16.2. The number of carbonyl (C=O) groups excluding carboxylic acids is 1. The van der Waals surface area contributed by atoms with Crippen LogP contribution in [-0.4, -0.2) is 73.1 Å². The molecule has 3 aliphatic rings. The molecule has 2 heterocycles. The highest BCUT2D eigenvalue weighted by atomic mass is 16.5. The number of rotatable bonds is 3. The molecule has 132 valence electrons. The van der Waals surface area contributed by atoms with Gasteiger partial charge in [0.15, 0.2) is 0 Å². The summed E-state index contributed by atoms with van der Waals surface area (Å²) < 4.78 is 11.7. The van der Waals surface area contributed by atoms with Gasteiger partial charge in [-0.2, -0.15) is 0 Å². The molecular weight excluding hydrogens is 296 g/mol. The number of β-amino-alcohol motifs (C(OH)–C–C–N with tert-alkyl or cyclic N) is 1. The fourth-order valence-electron chi connectivity index (χ4n) is 4.16. The predicted octanol–water partition coefficient (Wildman–Crippen LogP) is 0.674. The number of nitrogens with zero attached hydrogens (tertiary/aromatic N) is 1. The fraction of sp³-hybridized carbons (Fsp3) is 0.941. The highest BCUT2D eigenvalue weighted by Crippen LogP contribution is 2.27. The molecule has 0 bridgehead atoms. The second-order valence-corrected chi connectivity index (χ2v) is 7.33. The molecule has 3 rings (SSSR count). The maximum Gasteiger partial charge on any atom is 0.222 e. The highest BCUT2D eigenvalue weighted by Gasteiger charge is 2.36. The van der Waals surface area contributed by atoms with Gasteiger partial charge < -0.3 is 19.9 Å². The smallest absolute Gasteiger partial charge is 0.222 e. The standard InChI is InChI=1S/C17H30N2O4/c1-19-9-13(20)10-22-11-16-15(19)7-6-14(23-16)8-17(21)18-12-4-2-3-5-12/h12-16,20H,2-11H2,1H3,(H,18,21)/t13-,14+,15+,16-/m1/s1. The van der Waals surface area contributed by atoms with E-state index in [1.54, 1.807) is 0 Å². The second-order valence-electron chi connectivity index (χ2n) is 7.33. The van der Waals surface area contributed by atoms with Gasteiger partial charge in [0.05, 0.1) is 37.9 Å². The second kappa shape index (κ2) is 7.92. The normalized spacial score (nSPS) is 37.0. The number of likely N-dealkylation sites (N-methyl/N-ethyl adjacent to an activating group) is 1. The number of nitrogens with one attached hydrogen (secondary N) is 1. The van der Waals surface area contributed by atoms with Gasteiger partial charge in [-0.1, -0.05) is 12.8 Å². The predicted molar refractivity (Wildman–Crippen MR) is 86.2 cm³/mol. The molecule has 0 aromatic carbocycles. The van der Waals surface area contributed by atoms with Gasteiger partial charge in [-0.05, 0) is 32.7 Å². The molecule has 23 heavy (non-hydrogen) atoms. The van der Waals surface area contributed by atoms with Crippen LogP contribution in [0.5, 0.6) is 0 Å². The molecule has 1 aliphatic carbocycles. The van der Waals surface area contributed by atoms with Crippen LogP contribution in [0.1, 0.15) is 44.9 Å². The van der Waals surface area contributed by atoms with Crippen molar-refractivity contribution in [3.63, 3.8) is 0 Å². The van der Waals surface area contributed by atoms with Crippen LogP contribution in [0, 0.1) is 0 Å². The number of fused-ring (bicyclic) bond motifs is 1. The third-order valence-corrected chi connectivity index (χ3v) is 5.37. The molecule has 0 unspecified atom stereocenters. The topological polar surface area (TPSA) is 71.0 Å². The summed E-state index contributed by atoms with van der Waals surface area (Å²) in [5.41, 5.74) is 0. The van der Waals surface area contributed by atoms with Crippen LogP contribution >= 0.6 is 0 Å². The first-order chi connectivity index (χ1) is 11.1. The number of aliphatic hydroxyl groups is 1. The molecule has 4 atom stereocenters. The van der Waals surface area contributed by atoms with Crippen molar-refractivity contribution in [1.82, 2.24) is 10.2 Å². The van der Waals surface area contributed by atoms with Crippen molar-refractivity contribution in [2.75, 3.05) is 26.8 Å². The molecule has 2 aliphatic heterocycles. The summed E-state index contributed by atoms with van der Waals surface area (Å²) in [5.74, 6) is 0.121. The Balaban J connectivity index is 1.49. The van der Waals surface area contributed by atoms with Gasteiger partial charge in [-0.3, -0.25) is 9.69 Å². The van der Waals surface area contributed by atoms with Gasteiger partial charge in [0.25, 0.3) is 0 Å². The van der Waals surface area contributed by atoms with E-state index >= 15 is 0 Å². The van der Waals surface area contributed by atoms with Crippen molar-refractivity contribution >= 4 is 5.91 Å². The van der Waals surface area contributed by atoms with E-state index in [1.807, 2.05) is 7.05 Å². The molecular formula is C17H30N2O4. The SMILES string of the molecule is CN1C[C@@H](O)COC[C@H]2O[C@H](CC(=O)NC3CCCC3)CC[C@@H]21. The molecule has 1 saturated carbocycles. The van der Waals surface area contributed by atoms with Crippen molar-refractivity contribution in [2.24, 2.45) is 0 Å². The zero-order valence-electron chi connectivity index (χ0n) is 14.1. The van der Waals surface area contributed by atoms with Crippen LogP contribution in [-0.2, 0) is 14.3 Å². The number of aliphatic hydroxyl groups excluding tert-OH is 1. The zero-order valence-corrected chi connectivity index (χ0v) is 14.1. The molecule has 1 amide bonds. The van der Waals surface area contributed by atoms with Gasteiger partial charge in [-0.25, -0.2) is 0 Å². The van der Waals surface area contributed by atoms with Crippen LogP contribution in [0.25, 0.3) is 0 Å². The van der Waals surface area contributed by atoms with E-state index in [4.69, 9.17) is 9.47 Å². The average Bonchev–Trinajstić information content (AvgIpc) is 2.98. The summed E-state index contributed by atoms with van der Waals surface area (Å²) in [7, 11) is 2.03. The first-order valence-electron chi connectivity index (χ1n) is 9.02. The lowest BCUT2D eigenvalue weighted by atomic mass is 9.95. The molecule has 3 fully saturated rings.